The molecular formula is C11H5F4N3S. The number of aromatic amines is 1. The summed E-state index contributed by atoms with van der Waals surface area (Å²) in [5.41, 5.74) is 0.499. The average Bonchev–Trinajstić information content (AvgIpc) is 2.91. The number of fused-ring (bicyclic) bond motifs is 1. The molecular weight excluding hydrogens is 282 g/mol. The second kappa shape index (κ2) is 4.02. The van der Waals surface area contributed by atoms with Gasteiger partial charge in [-0.15, -0.1) is 11.3 Å². The van der Waals surface area contributed by atoms with Gasteiger partial charge in [-0.3, -0.25) is 0 Å². The van der Waals surface area contributed by atoms with Crippen LogP contribution in [0.25, 0.3) is 22.3 Å². The first-order valence-corrected chi connectivity index (χ1v) is 5.99. The minimum absolute atomic E-state index is 0.0244. The highest BCUT2D eigenvalue weighted by Gasteiger charge is 2.35. The molecule has 3 nitrogen and oxygen atoms in total. The van der Waals surface area contributed by atoms with Gasteiger partial charge in [0.2, 0.25) is 5.95 Å². The van der Waals surface area contributed by atoms with Gasteiger partial charge in [0, 0.05) is 17.3 Å². The maximum absolute atomic E-state index is 13.1. The number of rotatable bonds is 1. The van der Waals surface area contributed by atoms with Crippen LogP contribution in [0.15, 0.2) is 23.8 Å². The van der Waals surface area contributed by atoms with Crippen LogP contribution in [0, 0.1) is 5.95 Å². The summed E-state index contributed by atoms with van der Waals surface area (Å²) >= 11 is 0.587. The molecule has 8 heteroatoms. The number of hydrogen-bond donors (Lipinski definition) is 1. The van der Waals surface area contributed by atoms with Gasteiger partial charge < -0.3 is 4.98 Å². The fraction of sp³-hybridized carbons (Fsp3) is 0.0909. The lowest BCUT2D eigenvalue weighted by atomic mass is 10.1. The maximum atomic E-state index is 13.1. The summed E-state index contributed by atoms with van der Waals surface area (Å²) in [7, 11) is 0. The number of alkyl halides is 3. The van der Waals surface area contributed by atoms with Crippen molar-refractivity contribution in [3.8, 4) is 11.1 Å². The molecule has 0 amide bonds. The third-order valence-corrected chi connectivity index (χ3v) is 3.52. The number of nitrogens with one attached hydrogen (secondary N) is 1. The van der Waals surface area contributed by atoms with E-state index in [4.69, 9.17) is 0 Å². The van der Waals surface area contributed by atoms with E-state index in [-0.39, 0.29) is 22.3 Å². The zero-order chi connectivity index (χ0) is 13.6. The summed E-state index contributed by atoms with van der Waals surface area (Å²) in [6.45, 7) is 0. The normalized spacial score (nSPS) is 12.2. The predicted octanol–water partition coefficient (Wildman–Crippen LogP) is 3.84. The quantitative estimate of drug-likeness (QED) is 0.691. The molecule has 3 heterocycles. The van der Waals surface area contributed by atoms with Crippen molar-refractivity contribution in [1.29, 1.82) is 0 Å². The molecule has 3 rings (SSSR count). The van der Waals surface area contributed by atoms with Gasteiger partial charge in [-0.2, -0.15) is 17.6 Å². The SMILES string of the molecule is Fc1cnc2[nH]cc(-c3ccsc3C(F)(F)F)c2n1. The van der Waals surface area contributed by atoms with Crippen molar-refractivity contribution in [3.05, 3.63) is 34.7 Å². The van der Waals surface area contributed by atoms with E-state index in [1.165, 1.54) is 17.6 Å². The van der Waals surface area contributed by atoms with Crippen LogP contribution in [0.1, 0.15) is 4.88 Å². The molecule has 0 aliphatic carbocycles. The van der Waals surface area contributed by atoms with E-state index in [0.29, 0.717) is 11.3 Å². The summed E-state index contributed by atoms with van der Waals surface area (Å²) in [6.07, 6.45) is -2.20. The lowest BCUT2D eigenvalue weighted by Gasteiger charge is -2.06. The lowest BCUT2D eigenvalue weighted by molar-refractivity contribution is -0.133. The van der Waals surface area contributed by atoms with Gasteiger partial charge in [-0.25, -0.2) is 9.97 Å². The van der Waals surface area contributed by atoms with Crippen molar-refractivity contribution < 1.29 is 17.6 Å². The molecule has 3 aromatic rings. The Labute approximate surface area is 107 Å². The lowest BCUT2D eigenvalue weighted by Crippen LogP contribution is -2.03. The van der Waals surface area contributed by atoms with Crippen LogP contribution >= 0.6 is 11.3 Å². The average molecular weight is 287 g/mol. The van der Waals surface area contributed by atoms with Crippen LogP contribution in [-0.2, 0) is 6.18 Å². The van der Waals surface area contributed by atoms with E-state index in [0.717, 1.165) is 6.20 Å². The standard InChI is InChI=1S/C11H5F4N3S/c12-7-4-17-10-8(18-7)6(3-16-10)5-1-2-19-9(5)11(13,14)15/h1-4H,(H,16,17). The van der Waals surface area contributed by atoms with E-state index in [1.807, 2.05) is 0 Å². The van der Waals surface area contributed by atoms with Gasteiger partial charge in [0.25, 0.3) is 0 Å². The predicted molar refractivity (Wildman–Crippen MR) is 62.2 cm³/mol. The first-order chi connectivity index (χ1) is 8.97. The minimum atomic E-state index is -4.45. The summed E-state index contributed by atoms with van der Waals surface area (Å²) in [6, 6.07) is 1.34. The van der Waals surface area contributed by atoms with E-state index in [9.17, 15) is 17.6 Å². The molecule has 98 valence electrons. The monoisotopic (exact) mass is 287 g/mol. The Hall–Kier alpha value is -1.96. The molecule has 0 aromatic carbocycles. The van der Waals surface area contributed by atoms with E-state index >= 15 is 0 Å². The van der Waals surface area contributed by atoms with Crippen LogP contribution in [-0.4, -0.2) is 15.0 Å². The Bertz CT molecular complexity index is 744. The van der Waals surface area contributed by atoms with Crippen molar-refractivity contribution in [1.82, 2.24) is 15.0 Å². The number of H-pyrrole nitrogens is 1. The molecule has 0 atom stereocenters. The molecule has 3 aromatic heterocycles. The smallest absolute Gasteiger partial charge is 0.344 e. The van der Waals surface area contributed by atoms with E-state index in [1.54, 1.807) is 0 Å². The zero-order valence-electron chi connectivity index (χ0n) is 9.12. The van der Waals surface area contributed by atoms with Crippen molar-refractivity contribution in [2.24, 2.45) is 0 Å². The Kier molecular flexibility index (Phi) is 2.56. The van der Waals surface area contributed by atoms with Gasteiger partial charge in [-0.1, -0.05) is 0 Å². The molecule has 0 bridgehead atoms. The van der Waals surface area contributed by atoms with Gasteiger partial charge in [-0.05, 0) is 11.4 Å². The highest BCUT2D eigenvalue weighted by atomic mass is 32.1. The highest BCUT2D eigenvalue weighted by Crippen LogP contribution is 2.42. The maximum Gasteiger partial charge on any atom is 0.426 e. The van der Waals surface area contributed by atoms with Crippen LogP contribution in [0.3, 0.4) is 0 Å². The van der Waals surface area contributed by atoms with Crippen LogP contribution in [0.4, 0.5) is 17.6 Å². The first-order valence-electron chi connectivity index (χ1n) is 5.11. The summed E-state index contributed by atoms with van der Waals surface area (Å²) in [4.78, 5) is 9.27. The second-order valence-corrected chi connectivity index (χ2v) is 4.67. The molecule has 0 unspecified atom stereocenters. The van der Waals surface area contributed by atoms with Gasteiger partial charge >= 0.3 is 6.18 Å². The third-order valence-electron chi connectivity index (χ3n) is 2.56. The van der Waals surface area contributed by atoms with Gasteiger partial charge in [0.05, 0.1) is 6.20 Å². The number of halogens is 4. The van der Waals surface area contributed by atoms with Crippen molar-refractivity contribution in [2.45, 2.75) is 6.18 Å². The fourth-order valence-electron chi connectivity index (χ4n) is 1.82. The van der Waals surface area contributed by atoms with Crippen molar-refractivity contribution in [2.75, 3.05) is 0 Å². The van der Waals surface area contributed by atoms with Gasteiger partial charge in [0.15, 0.2) is 5.65 Å². The molecule has 1 N–H and O–H groups in total. The highest BCUT2D eigenvalue weighted by molar-refractivity contribution is 7.10. The topological polar surface area (TPSA) is 41.6 Å². The molecule has 0 aliphatic rings. The second-order valence-electron chi connectivity index (χ2n) is 3.75. The molecule has 0 fully saturated rings. The number of nitrogens with zero attached hydrogens (tertiary/aromatic N) is 2. The van der Waals surface area contributed by atoms with Crippen molar-refractivity contribution in [3.63, 3.8) is 0 Å². The fourth-order valence-corrected chi connectivity index (χ4v) is 2.59. The summed E-state index contributed by atoms with van der Waals surface area (Å²) in [5, 5.41) is 1.34. The largest absolute Gasteiger partial charge is 0.426 e. The van der Waals surface area contributed by atoms with Crippen LogP contribution < -0.4 is 0 Å². The zero-order valence-corrected chi connectivity index (χ0v) is 9.94. The minimum Gasteiger partial charge on any atom is -0.344 e. The van der Waals surface area contributed by atoms with Crippen molar-refractivity contribution >= 4 is 22.5 Å². The Morgan fingerprint density at radius 3 is 2.74 bits per heavy atom. The molecule has 19 heavy (non-hydrogen) atoms. The number of thiophene rings is 1. The molecule has 0 saturated heterocycles. The Morgan fingerprint density at radius 1 is 1.21 bits per heavy atom. The van der Waals surface area contributed by atoms with Crippen LogP contribution in [0.2, 0.25) is 0 Å². The molecule has 0 spiro atoms. The van der Waals surface area contributed by atoms with E-state index in [2.05, 4.69) is 15.0 Å². The Balaban J connectivity index is 2.26. The molecule has 0 saturated carbocycles. The van der Waals surface area contributed by atoms with E-state index < -0.39 is 17.0 Å². The van der Waals surface area contributed by atoms with Crippen LogP contribution in [0.5, 0.6) is 0 Å². The molecule has 0 radical (unpaired) electrons. The summed E-state index contributed by atoms with van der Waals surface area (Å²) < 4.78 is 51.6. The summed E-state index contributed by atoms with van der Waals surface area (Å²) in [5.74, 6) is -0.836. The van der Waals surface area contributed by atoms with Gasteiger partial charge in [0.1, 0.15) is 10.4 Å². The molecule has 0 aliphatic heterocycles. The Morgan fingerprint density at radius 2 is 2.00 bits per heavy atom. The number of hydrogen-bond acceptors (Lipinski definition) is 3. The third kappa shape index (κ3) is 1.97. The first kappa shape index (κ1) is 12.1. The number of aromatic nitrogens is 3.